The van der Waals surface area contributed by atoms with Crippen molar-refractivity contribution < 1.29 is 4.74 Å². The molecule has 0 aliphatic heterocycles. The Labute approximate surface area is 104 Å². The summed E-state index contributed by atoms with van der Waals surface area (Å²) < 4.78 is 6.03. The normalized spacial score (nSPS) is 23.2. The number of benzene rings is 1. The van der Waals surface area contributed by atoms with Crippen molar-refractivity contribution in [3.8, 4) is 5.75 Å². The predicted molar refractivity (Wildman–Crippen MR) is 71.6 cm³/mol. The summed E-state index contributed by atoms with van der Waals surface area (Å²) in [5.41, 5.74) is 2.58. The predicted octanol–water partition coefficient (Wildman–Crippen LogP) is 3.21. The van der Waals surface area contributed by atoms with Crippen molar-refractivity contribution in [3.63, 3.8) is 0 Å². The first-order valence-electron chi connectivity index (χ1n) is 6.67. The largest absolute Gasteiger partial charge is 0.490 e. The van der Waals surface area contributed by atoms with Crippen molar-refractivity contribution in [3.05, 3.63) is 29.3 Å². The van der Waals surface area contributed by atoms with Crippen LogP contribution in [0.3, 0.4) is 0 Å². The van der Waals surface area contributed by atoms with Crippen molar-refractivity contribution in [1.82, 2.24) is 5.32 Å². The molecule has 1 aromatic rings. The highest BCUT2D eigenvalue weighted by Gasteiger charge is 2.30. The highest BCUT2D eigenvalue weighted by Crippen LogP contribution is 2.29. The lowest BCUT2D eigenvalue weighted by atomic mass is 9.89. The maximum Gasteiger partial charge on any atom is 0.122 e. The number of ether oxygens (including phenoxy) is 1. The molecule has 0 saturated heterocycles. The van der Waals surface area contributed by atoms with Gasteiger partial charge in [-0.05, 0) is 56.8 Å². The molecule has 1 saturated carbocycles. The fraction of sp³-hybridized carbons (Fsp3) is 0.600. The van der Waals surface area contributed by atoms with Crippen molar-refractivity contribution in [2.75, 3.05) is 6.54 Å². The van der Waals surface area contributed by atoms with Crippen LogP contribution < -0.4 is 10.1 Å². The summed E-state index contributed by atoms with van der Waals surface area (Å²) in [4.78, 5) is 0. The van der Waals surface area contributed by atoms with Crippen molar-refractivity contribution >= 4 is 0 Å². The Morgan fingerprint density at radius 1 is 1.29 bits per heavy atom. The van der Waals surface area contributed by atoms with Crippen LogP contribution in [0.25, 0.3) is 0 Å². The second-order valence-electron chi connectivity index (χ2n) is 5.06. The minimum atomic E-state index is 0.407. The van der Waals surface area contributed by atoms with Gasteiger partial charge in [0.2, 0.25) is 0 Å². The fourth-order valence-electron chi connectivity index (χ4n) is 2.21. The zero-order chi connectivity index (χ0) is 12.3. The molecule has 1 aromatic carbocycles. The molecule has 0 spiro atoms. The first-order valence-corrected chi connectivity index (χ1v) is 6.67. The van der Waals surface area contributed by atoms with Crippen LogP contribution >= 0.6 is 0 Å². The van der Waals surface area contributed by atoms with E-state index < -0.39 is 0 Å². The van der Waals surface area contributed by atoms with Gasteiger partial charge in [0.05, 0.1) is 0 Å². The lowest BCUT2D eigenvalue weighted by Crippen LogP contribution is -2.47. The van der Waals surface area contributed by atoms with Crippen LogP contribution in [-0.4, -0.2) is 18.7 Å². The fourth-order valence-corrected chi connectivity index (χ4v) is 2.21. The number of aryl methyl sites for hydroxylation is 1. The van der Waals surface area contributed by atoms with Crippen LogP contribution in [0.5, 0.6) is 5.75 Å². The van der Waals surface area contributed by atoms with Gasteiger partial charge in [0.1, 0.15) is 11.9 Å². The van der Waals surface area contributed by atoms with E-state index in [0.29, 0.717) is 12.1 Å². The third kappa shape index (κ3) is 3.01. The molecule has 0 bridgehead atoms. The van der Waals surface area contributed by atoms with Gasteiger partial charge in [0.25, 0.3) is 0 Å². The van der Waals surface area contributed by atoms with Crippen LogP contribution in [0, 0.1) is 13.8 Å². The topological polar surface area (TPSA) is 21.3 Å². The minimum absolute atomic E-state index is 0.407. The maximum atomic E-state index is 6.03. The lowest BCUT2D eigenvalue weighted by molar-refractivity contribution is 0.0845. The van der Waals surface area contributed by atoms with E-state index >= 15 is 0 Å². The maximum absolute atomic E-state index is 6.03. The average Bonchev–Trinajstić information content (AvgIpc) is 2.27. The zero-order valence-corrected chi connectivity index (χ0v) is 11.1. The Hall–Kier alpha value is -1.02. The SMILES string of the molecule is CCCNC1CC(Oc2cccc(C)c2C)C1. The summed E-state index contributed by atoms with van der Waals surface area (Å²) in [7, 11) is 0. The van der Waals surface area contributed by atoms with E-state index in [1.165, 1.54) is 17.5 Å². The van der Waals surface area contributed by atoms with E-state index in [9.17, 15) is 0 Å². The van der Waals surface area contributed by atoms with Gasteiger partial charge < -0.3 is 10.1 Å². The Morgan fingerprint density at radius 3 is 2.76 bits per heavy atom. The number of hydrogen-bond acceptors (Lipinski definition) is 2. The standard InChI is InChI=1S/C15H23NO/c1-4-8-16-13-9-14(10-13)17-15-7-5-6-11(2)12(15)3/h5-7,13-14,16H,4,8-10H2,1-3H3. The molecule has 1 N–H and O–H groups in total. The van der Waals surface area contributed by atoms with Crippen LogP contribution in [0.15, 0.2) is 18.2 Å². The molecule has 2 rings (SSSR count). The molecule has 17 heavy (non-hydrogen) atoms. The molecule has 2 heteroatoms. The Balaban J connectivity index is 1.82. The summed E-state index contributed by atoms with van der Waals surface area (Å²) in [5, 5.41) is 3.53. The molecule has 1 fully saturated rings. The Kier molecular flexibility index (Phi) is 4.06. The van der Waals surface area contributed by atoms with Gasteiger partial charge >= 0.3 is 0 Å². The van der Waals surface area contributed by atoms with E-state index in [4.69, 9.17) is 4.74 Å². The van der Waals surface area contributed by atoms with Gasteiger partial charge in [-0.2, -0.15) is 0 Å². The first kappa shape index (κ1) is 12.4. The van der Waals surface area contributed by atoms with E-state index in [1.54, 1.807) is 0 Å². The highest BCUT2D eigenvalue weighted by molar-refractivity contribution is 5.38. The molecule has 0 atom stereocenters. The van der Waals surface area contributed by atoms with Crippen LogP contribution in [0.1, 0.15) is 37.3 Å². The highest BCUT2D eigenvalue weighted by atomic mass is 16.5. The quantitative estimate of drug-likeness (QED) is 0.843. The van der Waals surface area contributed by atoms with Gasteiger partial charge in [-0.1, -0.05) is 19.1 Å². The number of hydrogen-bond donors (Lipinski definition) is 1. The second kappa shape index (κ2) is 5.54. The summed E-state index contributed by atoms with van der Waals surface area (Å²) in [6.45, 7) is 7.60. The van der Waals surface area contributed by atoms with Crippen LogP contribution in [0.2, 0.25) is 0 Å². The van der Waals surface area contributed by atoms with E-state index in [-0.39, 0.29) is 0 Å². The van der Waals surface area contributed by atoms with Crippen molar-refractivity contribution in [2.24, 2.45) is 0 Å². The molecule has 94 valence electrons. The van der Waals surface area contributed by atoms with Crippen LogP contribution in [-0.2, 0) is 0 Å². The first-order chi connectivity index (χ1) is 8.20. The summed E-state index contributed by atoms with van der Waals surface area (Å²) in [5.74, 6) is 1.06. The van der Waals surface area contributed by atoms with E-state index in [1.807, 2.05) is 0 Å². The molecular formula is C15H23NO. The zero-order valence-electron chi connectivity index (χ0n) is 11.1. The molecule has 2 nitrogen and oxygen atoms in total. The lowest BCUT2D eigenvalue weighted by Gasteiger charge is -2.36. The minimum Gasteiger partial charge on any atom is -0.490 e. The Morgan fingerprint density at radius 2 is 2.06 bits per heavy atom. The monoisotopic (exact) mass is 233 g/mol. The van der Waals surface area contributed by atoms with Gasteiger partial charge in [-0.25, -0.2) is 0 Å². The Bertz CT molecular complexity index is 369. The third-order valence-corrected chi connectivity index (χ3v) is 3.63. The van der Waals surface area contributed by atoms with Crippen molar-refractivity contribution in [2.45, 2.75) is 52.2 Å². The molecule has 0 aromatic heterocycles. The number of nitrogens with one attached hydrogen (secondary N) is 1. The summed E-state index contributed by atoms with van der Waals surface area (Å²) in [6.07, 6.45) is 3.91. The summed E-state index contributed by atoms with van der Waals surface area (Å²) >= 11 is 0. The molecule has 1 aliphatic carbocycles. The molecule has 1 aliphatic rings. The van der Waals surface area contributed by atoms with Gasteiger partial charge in [0.15, 0.2) is 0 Å². The average molecular weight is 233 g/mol. The van der Waals surface area contributed by atoms with Gasteiger partial charge in [0, 0.05) is 6.04 Å². The molecule has 0 unspecified atom stereocenters. The molecule has 0 amide bonds. The van der Waals surface area contributed by atoms with Gasteiger partial charge in [-0.3, -0.25) is 0 Å². The van der Waals surface area contributed by atoms with Crippen LogP contribution in [0.4, 0.5) is 0 Å². The number of rotatable bonds is 5. The third-order valence-electron chi connectivity index (χ3n) is 3.63. The smallest absolute Gasteiger partial charge is 0.122 e. The van der Waals surface area contributed by atoms with E-state index in [2.05, 4.69) is 44.3 Å². The second-order valence-corrected chi connectivity index (χ2v) is 5.06. The van der Waals surface area contributed by atoms with E-state index in [0.717, 1.165) is 25.1 Å². The molecule has 0 radical (unpaired) electrons. The summed E-state index contributed by atoms with van der Waals surface area (Å²) in [6, 6.07) is 6.96. The van der Waals surface area contributed by atoms with Crippen molar-refractivity contribution in [1.29, 1.82) is 0 Å². The molecule has 0 heterocycles. The molecular weight excluding hydrogens is 210 g/mol. The van der Waals surface area contributed by atoms with Gasteiger partial charge in [-0.15, -0.1) is 0 Å².